The van der Waals surface area contributed by atoms with Gasteiger partial charge in [-0.3, -0.25) is 9.59 Å². The van der Waals surface area contributed by atoms with Crippen LogP contribution >= 0.6 is 0 Å². The van der Waals surface area contributed by atoms with Crippen LogP contribution in [0.3, 0.4) is 0 Å². The first-order chi connectivity index (χ1) is 18.0. The summed E-state index contributed by atoms with van der Waals surface area (Å²) in [6, 6.07) is 27.6. The number of carbonyl (C=O) groups excluding carboxylic acids is 2. The van der Waals surface area contributed by atoms with Crippen LogP contribution in [-0.4, -0.2) is 18.4 Å². The number of rotatable bonds is 7. The molecule has 0 aromatic heterocycles. The average Bonchev–Trinajstić information content (AvgIpc) is 2.93. The molecular formula is C31H28FN3O2. The predicted molar refractivity (Wildman–Crippen MR) is 144 cm³/mol. The minimum absolute atomic E-state index is 0.143. The smallest absolute Gasteiger partial charge is 0.251 e. The first-order valence-electron chi connectivity index (χ1n) is 12.4. The lowest BCUT2D eigenvalue weighted by Gasteiger charge is -2.32. The Morgan fingerprint density at radius 3 is 2.38 bits per heavy atom. The van der Waals surface area contributed by atoms with Crippen LogP contribution in [0.5, 0.6) is 0 Å². The summed E-state index contributed by atoms with van der Waals surface area (Å²) < 4.78 is 13.1. The molecule has 3 N–H and O–H groups in total. The van der Waals surface area contributed by atoms with Gasteiger partial charge in [0.05, 0.1) is 0 Å². The van der Waals surface area contributed by atoms with Gasteiger partial charge in [0, 0.05) is 36.4 Å². The third-order valence-electron chi connectivity index (χ3n) is 6.75. The number of nitrogens with zero attached hydrogens (tertiary/aromatic N) is 1. The van der Waals surface area contributed by atoms with Gasteiger partial charge in [-0.15, -0.1) is 0 Å². The quantitative estimate of drug-likeness (QED) is 0.358. The van der Waals surface area contributed by atoms with Crippen molar-refractivity contribution in [2.75, 3.05) is 11.4 Å². The minimum Gasteiger partial charge on any atom is -0.367 e. The zero-order chi connectivity index (χ0) is 25.8. The number of amides is 2. The molecule has 186 valence electrons. The molecule has 0 unspecified atom stereocenters. The molecule has 4 aromatic carbocycles. The van der Waals surface area contributed by atoms with Crippen molar-refractivity contribution in [3.63, 3.8) is 0 Å². The van der Waals surface area contributed by atoms with Gasteiger partial charge < -0.3 is 16.0 Å². The molecule has 0 bridgehead atoms. The maximum atomic E-state index is 13.1. The molecule has 0 saturated heterocycles. The third kappa shape index (κ3) is 5.54. The molecule has 4 aromatic rings. The number of nitrogens with one attached hydrogen (secondary N) is 1. The van der Waals surface area contributed by atoms with E-state index in [9.17, 15) is 14.0 Å². The molecule has 0 radical (unpaired) electrons. The number of aryl methyl sites for hydroxylation is 1. The van der Waals surface area contributed by atoms with Gasteiger partial charge in [-0.25, -0.2) is 4.39 Å². The van der Waals surface area contributed by atoms with Crippen molar-refractivity contribution >= 4 is 17.5 Å². The van der Waals surface area contributed by atoms with Crippen molar-refractivity contribution in [1.82, 2.24) is 5.32 Å². The number of anilines is 1. The highest BCUT2D eigenvalue weighted by Gasteiger charge is 2.19. The number of nitrogens with two attached hydrogens (primary N) is 1. The molecule has 1 heterocycles. The topological polar surface area (TPSA) is 75.4 Å². The van der Waals surface area contributed by atoms with E-state index in [4.69, 9.17) is 5.73 Å². The third-order valence-corrected chi connectivity index (χ3v) is 6.75. The van der Waals surface area contributed by atoms with E-state index in [0.29, 0.717) is 17.7 Å². The van der Waals surface area contributed by atoms with Gasteiger partial charge in [0.2, 0.25) is 5.91 Å². The summed E-state index contributed by atoms with van der Waals surface area (Å²) in [7, 11) is 0. The fourth-order valence-electron chi connectivity index (χ4n) is 4.83. The lowest BCUT2D eigenvalue weighted by molar-refractivity contribution is 0.0949. The Bertz CT molecular complexity index is 1430. The first-order valence-corrected chi connectivity index (χ1v) is 12.4. The lowest BCUT2D eigenvalue weighted by Crippen LogP contribution is -2.29. The SMILES string of the molecule is NC(=O)c1ccccc1-c1ccc(CN2CCCc3cc(C(=O)NCc4ccc(F)cc4)ccc32)cc1. The summed E-state index contributed by atoms with van der Waals surface area (Å²) in [4.78, 5) is 26.9. The molecule has 0 saturated carbocycles. The maximum Gasteiger partial charge on any atom is 0.251 e. The highest BCUT2D eigenvalue weighted by molar-refractivity contribution is 5.99. The number of halogens is 1. The van der Waals surface area contributed by atoms with Gasteiger partial charge in [-0.1, -0.05) is 54.6 Å². The lowest BCUT2D eigenvalue weighted by atomic mass is 9.97. The van der Waals surface area contributed by atoms with Crippen molar-refractivity contribution in [1.29, 1.82) is 0 Å². The van der Waals surface area contributed by atoms with Gasteiger partial charge in [0.1, 0.15) is 5.82 Å². The van der Waals surface area contributed by atoms with Crippen molar-refractivity contribution in [3.05, 3.63) is 125 Å². The largest absolute Gasteiger partial charge is 0.367 e. The highest BCUT2D eigenvalue weighted by atomic mass is 19.1. The van der Waals surface area contributed by atoms with Crippen LogP contribution in [0.2, 0.25) is 0 Å². The van der Waals surface area contributed by atoms with E-state index in [1.165, 1.54) is 12.1 Å². The van der Waals surface area contributed by atoms with Crippen LogP contribution in [0.4, 0.5) is 10.1 Å². The van der Waals surface area contributed by atoms with E-state index in [1.807, 2.05) is 48.5 Å². The Labute approximate surface area is 215 Å². The van der Waals surface area contributed by atoms with E-state index in [0.717, 1.165) is 59.4 Å². The Kier molecular flexibility index (Phi) is 6.99. The molecule has 37 heavy (non-hydrogen) atoms. The average molecular weight is 494 g/mol. The second-order valence-electron chi connectivity index (χ2n) is 9.28. The summed E-state index contributed by atoms with van der Waals surface area (Å²) in [6.45, 7) is 2.04. The second-order valence-corrected chi connectivity index (χ2v) is 9.28. The number of hydrogen-bond donors (Lipinski definition) is 2. The van der Waals surface area contributed by atoms with Crippen LogP contribution in [-0.2, 0) is 19.5 Å². The molecule has 0 spiro atoms. The molecule has 0 aliphatic carbocycles. The summed E-state index contributed by atoms with van der Waals surface area (Å²) in [6.07, 6.45) is 1.94. The van der Waals surface area contributed by atoms with Gasteiger partial charge >= 0.3 is 0 Å². The van der Waals surface area contributed by atoms with E-state index in [1.54, 1.807) is 18.2 Å². The van der Waals surface area contributed by atoms with E-state index >= 15 is 0 Å². The van der Waals surface area contributed by atoms with Crippen molar-refractivity contribution in [3.8, 4) is 11.1 Å². The van der Waals surface area contributed by atoms with Gasteiger partial charge in [-0.2, -0.15) is 0 Å². The Balaban J connectivity index is 1.27. The maximum absolute atomic E-state index is 13.1. The number of fused-ring (bicyclic) bond motifs is 1. The summed E-state index contributed by atoms with van der Waals surface area (Å²) >= 11 is 0. The molecule has 0 atom stereocenters. The van der Waals surface area contributed by atoms with Crippen molar-refractivity contribution in [2.24, 2.45) is 5.73 Å². The fraction of sp³-hybridized carbons (Fsp3) is 0.161. The molecule has 0 fully saturated rings. The van der Waals surface area contributed by atoms with Gasteiger partial charge in [0.25, 0.3) is 5.91 Å². The molecule has 1 aliphatic heterocycles. The molecule has 2 amide bonds. The molecule has 5 nitrogen and oxygen atoms in total. The predicted octanol–water partition coefficient (Wildman–Crippen LogP) is 5.47. The van der Waals surface area contributed by atoms with Crippen LogP contribution in [0.15, 0.2) is 91.0 Å². The van der Waals surface area contributed by atoms with E-state index in [2.05, 4.69) is 22.3 Å². The van der Waals surface area contributed by atoms with Crippen LogP contribution < -0.4 is 16.0 Å². The fourth-order valence-corrected chi connectivity index (χ4v) is 4.83. The number of carbonyl (C=O) groups is 2. The Morgan fingerprint density at radius 1 is 0.892 bits per heavy atom. The number of primary amides is 1. The summed E-state index contributed by atoms with van der Waals surface area (Å²) in [5.41, 5.74) is 12.8. The van der Waals surface area contributed by atoms with E-state index in [-0.39, 0.29) is 11.7 Å². The van der Waals surface area contributed by atoms with Crippen LogP contribution in [0.1, 0.15) is 43.8 Å². The van der Waals surface area contributed by atoms with Gasteiger partial charge in [-0.05, 0) is 77.1 Å². The monoisotopic (exact) mass is 493 g/mol. The summed E-state index contributed by atoms with van der Waals surface area (Å²) in [5, 5.41) is 2.92. The molecule has 6 heteroatoms. The Morgan fingerprint density at radius 2 is 1.62 bits per heavy atom. The van der Waals surface area contributed by atoms with Crippen LogP contribution in [0, 0.1) is 5.82 Å². The first kappa shape index (κ1) is 24.3. The number of hydrogen-bond acceptors (Lipinski definition) is 3. The molecule has 5 rings (SSSR count). The highest BCUT2D eigenvalue weighted by Crippen LogP contribution is 2.30. The van der Waals surface area contributed by atoms with Crippen molar-refractivity contribution in [2.45, 2.75) is 25.9 Å². The molecular weight excluding hydrogens is 465 g/mol. The molecule has 1 aliphatic rings. The zero-order valence-corrected chi connectivity index (χ0v) is 20.4. The standard InChI is InChI=1S/C31H28FN3O2/c32-26-14-9-21(10-15-26)19-34-31(37)25-13-16-29-24(18-25)4-3-17-35(29)20-22-7-11-23(12-8-22)27-5-1-2-6-28(27)30(33)36/h1-2,5-16,18H,3-4,17,19-20H2,(H2,33,36)(H,34,37). The van der Waals surface area contributed by atoms with Crippen molar-refractivity contribution < 1.29 is 14.0 Å². The Hall–Kier alpha value is -4.45. The van der Waals surface area contributed by atoms with Gasteiger partial charge in [0.15, 0.2) is 0 Å². The van der Waals surface area contributed by atoms with Crippen LogP contribution in [0.25, 0.3) is 11.1 Å². The second kappa shape index (κ2) is 10.7. The zero-order valence-electron chi connectivity index (χ0n) is 20.4. The van der Waals surface area contributed by atoms with E-state index < -0.39 is 5.91 Å². The summed E-state index contributed by atoms with van der Waals surface area (Å²) in [5.74, 6) is -0.872. The number of benzene rings is 4. The normalized spacial score (nSPS) is 12.6. The minimum atomic E-state index is -0.437.